The summed E-state index contributed by atoms with van der Waals surface area (Å²) in [6, 6.07) is 0. The molecule has 5 nitrogen and oxygen atoms in total. The Morgan fingerprint density at radius 1 is 1.16 bits per heavy atom. The van der Waals surface area contributed by atoms with Crippen LogP contribution in [-0.2, 0) is 20.5 Å². The fourth-order valence-electron chi connectivity index (χ4n) is 1.78. The van der Waals surface area contributed by atoms with Crippen LogP contribution in [0.2, 0.25) is 0 Å². The number of hydrogen-bond donors (Lipinski definition) is 0. The molecule has 102 valence electrons. The molecule has 19 heavy (non-hydrogen) atoms. The molecule has 0 amide bonds. The van der Waals surface area contributed by atoms with Crippen LogP contribution in [0.5, 0.6) is 0 Å². The first-order valence-electron chi connectivity index (χ1n) is 6.37. The maximum atomic E-state index is 11.0. The monoisotopic (exact) mass is 262 g/mol. The largest absolute Gasteiger partial charge is 0.498 e. The molecule has 0 aliphatic carbocycles. The van der Waals surface area contributed by atoms with Gasteiger partial charge in [0.1, 0.15) is 11.6 Å². The van der Waals surface area contributed by atoms with Crippen LogP contribution in [0.25, 0.3) is 0 Å². The average molecular weight is 262 g/mol. The number of nitrogens with zero attached hydrogens (tertiary/aromatic N) is 2. The molecule has 0 atom stereocenters. The van der Waals surface area contributed by atoms with E-state index >= 15 is 0 Å². The Labute approximate surface area is 113 Å². The summed E-state index contributed by atoms with van der Waals surface area (Å²) < 4.78 is 11.8. The third-order valence-corrected chi connectivity index (χ3v) is 3.66. The summed E-state index contributed by atoms with van der Waals surface area (Å²) in [7, 11) is -0.462. The second-order valence-corrected chi connectivity index (χ2v) is 5.90. The number of rotatable bonds is 3. The second kappa shape index (κ2) is 4.69. The van der Waals surface area contributed by atoms with Crippen LogP contribution in [0.15, 0.2) is 12.4 Å². The summed E-state index contributed by atoms with van der Waals surface area (Å²) in [4.78, 5) is 19.3. The normalized spacial score (nSPS) is 20.6. The molecule has 2 rings (SSSR count). The van der Waals surface area contributed by atoms with Crippen molar-refractivity contribution in [3.8, 4) is 0 Å². The molecule has 1 aromatic rings. The Bertz CT molecular complexity index is 469. The Morgan fingerprint density at radius 2 is 1.63 bits per heavy atom. The van der Waals surface area contributed by atoms with E-state index in [2.05, 4.69) is 9.97 Å². The highest BCUT2D eigenvalue weighted by molar-refractivity contribution is 6.61. The molecule has 0 unspecified atom stereocenters. The van der Waals surface area contributed by atoms with Gasteiger partial charge in [-0.3, -0.25) is 4.79 Å². The summed E-state index contributed by atoms with van der Waals surface area (Å²) in [6.07, 6.45) is 3.57. The fraction of sp³-hybridized carbons (Fsp3) is 0.615. The molecular weight excluding hydrogens is 243 g/mol. The molecular formula is C13H19BN2O3. The van der Waals surface area contributed by atoms with Gasteiger partial charge in [0.05, 0.1) is 17.6 Å². The van der Waals surface area contributed by atoms with Gasteiger partial charge in [-0.2, -0.15) is 0 Å². The quantitative estimate of drug-likeness (QED) is 0.757. The summed E-state index contributed by atoms with van der Waals surface area (Å²) in [6.45, 7) is 9.51. The molecule has 2 heterocycles. The van der Waals surface area contributed by atoms with Gasteiger partial charge in [-0.25, -0.2) is 9.97 Å². The molecule has 1 aliphatic rings. The third kappa shape index (κ3) is 2.85. The van der Waals surface area contributed by atoms with E-state index in [9.17, 15) is 4.79 Å². The van der Waals surface area contributed by atoms with Crippen LogP contribution in [0.1, 0.15) is 40.4 Å². The van der Waals surface area contributed by atoms with Gasteiger partial charge in [-0.15, -0.1) is 0 Å². The zero-order valence-electron chi connectivity index (χ0n) is 12.1. The van der Waals surface area contributed by atoms with Crippen LogP contribution in [0, 0.1) is 0 Å². The van der Waals surface area contributed by atoms with E-state index in [0.29, 0.717) is 5.82 Å². The van der Waals surface area contributed by atoms with Crippen molar-refractivity contribution < 1.29 is 14.1 Å². The van der Waals surface area contributed by atoms with Crippen LogP contribution in [-0.4, -0.2) is 34.1 Å². The van der Waals surface area contributed by atoms with Crippen molar-refractivity contribution in [3.05, 3.63) is 18.2 Å². The van der Waals surface area contributed by atoms with Gasteiger partial charge < -0.3 is 9.31 Å². The fourth-order valence-corrected chi connectivity index (χ4v) is 1.78. The second-order valence-electron chi connectivity index (χ2n) is 5.90. The molecule has 1 saturated heterocycles. The lowest BCUT2D eigenvalue weighted by Crippen LogP contribution is -2.41. The minimum Gasteiger partial charge on any atom is -0.399 e. The zero-order valence-corrected chi connectivity index (χ0v) is 12.1. The van der Waals surface area contributed by atoms with Crippen molar-refractivity contribution in [3.63, 3.8) is 0 Å². The minimum absolute atomic E-state index is 0.0448. The van der Waals surface area contributed by atoms with Crippen molar-refractivity contribution >= 4 is 18.4 Å². The van der Waals surface area contributed by atoms with Crippen molar-refractivity contribution in [2.45, 2.75) is 52.2 Å². The first-order chi connectivity index (χ1) is 8.71. The first kappa shape index (κ1) is 14.2. The maximum absolute atomic E-state index is 11.0. The number of ketones is 1. The van der Waals surface area contributed by atoms with Crippen LogP contribution in [0.4, 0.5) is 0 Å². The molecule has 0 bridgehead atoms. The van der Waals surface area contributed by atoms with Gasteiger partial charge in [0, 0.05) is 17.9 Å². The van der Waals surface area contributed by atoms with E-state index < -0.39 is 7.12 Å². The number of carbonyl (C=O) groups is 1. The lowest BCUT2D eigenvalue weighted by Gasteiger charge is -2.32. The SMILES string of the molecule is CC(=O)Cc1ncc(B2OC(C)(C)C(C)(C)O2)cn1. The Balaban J connectivity index is 2.14. The predicted octanol–water partition coefficient (Wildman–Crippen LogP) is 0.907. The Morgan fingerprint density at radius 3 is 2.05 bits per heavy atom. The van der Waals surface area contributed by atoms with Crippen molar-refractivity contribution in [2.24, 2.45) is 0 Å². The topological polar surface area (TPSA) is 61.3 Å². The van der Waals surface area contributed by atoms with Gasteiger partial charge in [0.2, 0.25) is 0 Å². The highest BCUT2D eigenvalue weighted by Crippen LogP contribution is 2.36. The number of aromatic nitrogens is 2. The van der Waals surface area contributed by atoms with E-state index in [-0.39, 0.29) is 23.4 Å². The Kier molecular flexibility index (Phi) is 3.49. The van der Waals surface area contributed by atoms with Crippen molar-refractivity contribution in [2.75, 3.05) is 0 Å². The number of carbonyl (C=O) groups excluding carboxylic acids is 1. The summed E-state index contributed by atoms with van der Waals surface area (Å²) in [5, 5.41) is 0. The number of Topliss-reactive ketones (excluding diaryl/α,β-unsaturated/α-hetero) is 1. The molecule has 0 saturated carbocycles. The van der Waals surface area contributed by atoms with Gasteiger partial charge in [0.15, 0.2) is 0 Å². The lowest BCUT2D eigenvalue weighted by molar-refractivity contribution is -0.116. The van der Waals surface area contributed by atoms with E-state index in [0.717, 1.165) is 5.46 Å². The van der Waals surface area contributed by atoms with Gasteiger partial charge in [0.25, 0.3) is 0 Å². The average Bonchev–Trinajstić information content (AvgIpc) is 2.48. The maximum Gasteiger partial charge on any atom is 0.498 e. The summed E-state index contributed by atoms with van der Waals surface area (Å²) >= 11 is 0. The van der Waals surface area contributed by atoms with E-state index in [1.54, 1.807) is 12.4 Å². The molecule has 1 fully saturated rings. The van der Waals surface area contributed by atoms with Crippen molar-refractivity contribution in [1.29, 1.82) is 0 Å². The minimum atomic E-state index is -0.462. The summed E-state index contributed by atoms with van der Waals surface area (Å²) in [5.74, 6) is 0.566. The number of hydrogen-bond acceptors (Lipinski definition) is 5. The lowest BCUT2D eigenvalue weighted by atomic mass is 9.81. The molecule has 0 N–H and O–H groups in total. The predicted molar refractivity (Wildman–Crippen MR) is 72.1 cm³/mol. The smallest absolute Gasteiger partial charge is 0.399 e. The standard InChI is InChI=1S/C13H19BN2O3/c1-9(17)6-11-15-7-10(8-16-11)14-18-12(2,3)13(4,5)19-14/h7-8H,6H2,1-5H3. The van der Waals surface area contributed by atoms with Gasteiger partial charge >= 0.3 is 7.12 Å². The highest BCUT2D eigenvalue weighted by Gasteiger charge is 2.51. The van der Waals surface area contributed by atoms with Gasteiger partial charge in [-0.05, 0) is 34.6 Å². The summed E-state index contributed by atoms with van der Waals surface area (Å²) in [5.41, 5.74) is 0.0109. The highest BCUT2D eigenvalue weighted by atomic mass is 16.7. The van der Waals surface area contributed by atoms with E-state index in [4.69, 9.17) is 9.31 Å². The molecule has 1 aliphatic heterocycles. The van der Waals surface area contributed by atoms with Crippen LogP contribution < -0.4 is 5.46 Å². The third-order valence-electron chi connectivity index (χ3n) is 3.66. The van der Waals surface area contributed by atoms with Crippen LogP contribution >= 0.6 is 0 Å². The Hall–Kier alpha value is -1.27. The van der Waals surface area contributed by atoms with E-state index in [1.807, 2.05) is 27.7 Å². The zero-order chi connectivity index (χ0) is 14.3. The molecule has 0 radical (unpaired) electrons. The van der Waals surface area contributed by atoms with Gasteiger partial charge in [-0.1, -0.05) is 0 Å². The van der Waals surface area contributed by atoms with Crippen molar-refractivity contribution in [1.82, 2.24) is 9.97 Å². The first-order valence-corrected chi connectivity index (χ1v) is 6.37. The van der Waals surface area contributed by atoms with Crippen LogP contribution in [0.3, 0.4) is 0 Å². The molecule has 0 spiro atoms. The molecule has 0 aromatic carbocycles. The van der Waals surface area contributed by atoms with E-state index in [1.165, 1.54) is 6.92 Å². The molecule has 1 aromatic heterocycles. The molecule has 6 heteroatoms.